The number of carbonyl (C=O) groups excluding carboxylic acids is 1. The van der Waals surface area contributed by atoms with E-state index < -0.39 is 4.92 Å². The van der Waals surface area contributed by atoms with Gasteiger partial charge in [-0.3, -0.25) is 14.9 Å². The summed E-state index contributed by atoms with van der Waals surface area (Å²) in [6.07, 6.45) is 3.09. The van der Waals surface area contributed by atoms with Gasteiger partial charge in [-0.05, 0) is 32.4 Å². The van der Waals surface area contributed by atoms with E-state index in [4.69, 9.17) is 0 Å². The Hall–Kier alpha value is -2.97. The summed E-state index contributed by atoms with van der Waals surface area (Å²) in [5.41, 5.74) is 0.564. The highest BCUT2D eigenvalue weighted by Gasteiger charge is 2.24. The largest absolute Gasteiger partial charge is 0.375 e. The number of hydrogen-bond acceptors (Lipinski definition) is 6. The number of nitrogens with one attached hydrogen (secondary N) is 2. The molecule has 1 amide bonds. The summed E-state index contributed by atoms with van der Waals surface area (Å²) < 4.78 is 1.80. The van der Waals surface area contributed by atoms with Gasteiger partial charge in [0.25, 0.3) is 11.6 Å². The van der Waals surface area contributed by atoms with Crippen molar-refractivity contribution in [2.24, 2.45) is 0 Å². The number of aryl methyl sites for hydroxylation is 1. The Morgan fingerprint density at radius 1 is 1.44 bits per heavy atom. The lowest BCUT2D eigenvalue weighted by molar-refractivity contribution is -0.384. The Morgan fingerprint density at radius 2 is 2.24 bits per heavy atom. The van der Waals surface area contributed by atoms with Crippen LogP contribution >= 0.6 is 0 Å². The zero-order valence-electron chi connectivity index (χ0n) is 14.1. The minimum absolute atomic E-state index is 0.0169. The van der Waals surface area contributed by atoms with Crippen LogP contribution in [0.15, 0.2) is 24.5 Å². The molecule has 25 heavy (non-hydrogen) atoms. The number of rotatable bonds is 5. The van der Waals surface area contributed by atoms with Crippen LogP contribution in [0.3, 0.4) is 0 Å². The molecule has 0 fully saturated rings. The smallest absolute Gasteiger partial charge is 0.293 e. The third-order valence-electron chi connectivity index (χ3n) is 4.04. The molecule has 1 atom stereocenters. The number of benzene rings is 1. The fraction of sp³-hybridized carbons (Fsp3) is 0.438. The molecule has 132 valence electrons. The van der Waals surface area contributed by atoms with E-state index in [1.807, 2.05) is 13.8 Å². The van der Waals surface area contributed by atoms with Gasteiger partial charge in [0.1, 0.15) is 17.8 Å². The zero-order valence-corrected chi connectivity index (χ0v) is 14.1. The Balaban J connectivity index is 1.79. The van der Waals surface area contributed by atoms with E-state index in [9.17, 15) is 14.9 Å². The number of anilines is 1. The first-order valence-corrected chi connectivity index (χ1v) is 8.16. The van der Waals surface area contributed by atoms with Crippen molar-refractivity contribution in [3.8, 4) is 0 Å². The van der Waals surface area contributed by atoms with E-state index in [0.29, 0.717) is 12.2 Å². The van der Waals surface area contributed by atoms with Gasteiger partial charge in [-0.1, -0.05) is 0 Å². The first kappa shape index (κ1) is 16.9. The first-order chi connectivity index (χ1) is 11.9. The summed E-state index contributed by atoms with van der Waals surface area (Å²) in [6, 6.07) is 4.47. The van der Waals surface area contributed by atoms with Gasteiger partial charge < -0.3 is 10.6 Å². The maximum Gasteiger partial charge on any atom is 0.293 e. The van der Waals surface area contributed by atoms with Crippen molar-refractivity contribution in [1.29, 1.82) is 0 Å². The van der Waals surface area contributed by atoms with Crippen LogP contribution in [0.5, 0.6) is 0 Å². The minimum atomic E-state index is -0.474. The monoisotopic (exact) mass is 344 g/mol. The predicted octanol–water partition coefficient (Wildman–Crippen LogP) is 1.75. The van der Waals surface area contributed by atoms with Gasteiger partial charge in [0, 0.05) is 30.1 Å². The second-order valence-corrected chi connectivity index (χ2v) is 6.36. The van der Waals surface area contributed by atoms with Gasteiger partial charge in [0.15, 0.2) is 0 Å². The molecule has 3 rings (SSSR count). The number of nitrogens with zero attached hydrogens (tertiary/aromatic N) is 4. The van der Waals surface area contributed by atoms with Crippen LogP contribution in [-0.4, -0.2) is 37.7 Å². The number of fused-ring (bicyclic) bond motifs is 1. The molecule has 1 aromatic carbocycles. The van der Waals surface area contributed by atoms with Crippen LogP contribution in [0.2, 0.25) is 0 Å². The molecule has 2 aromatic rings. The summed E-state index contributed by atoms with van der Waals surface area (Å²) in [6.45, 7) is 4.27. The number of aromatic nitrogens is 3. The standard InChI is InChI=1S/C16H20N6O3/c1-10(2)19-16(23)11-3-5-13(14(7-11)22(24)25)20-12-4-6-15-17-9-18-21(15)8-12/h3,5,7,9-10,12,20H,4,6,8H2,1-2H3,(H,19,23). The van der Waals surface area contributed by atoms with Crippen molar-refractivity contribution in [2.75, 3.05) is 5.32 Å². The molecule has 9 nitrogen and oxygen atoms in total. The average molecular weight is 344 g/mol. The van der Waals surface area contributed by atoms with Gasteiger partial charge in [0.2, 0.25) is 0 Å². The zero-order chi connectivity index (χ0) is 18.0. The van der Waals surface area contributed by atoms with E-state index in [-0.39, 0.29) is 29.2 Å². The molecule has 0 saturated carbocycles. The van der Waals surface area contributed by atoms with Gasteiger partial charge in [-0.25, -0.2) is 9.67 Å². The SMILES string of the molecule is CC(C)NC(=O)c1ccc(NC2CCc3ncnn3C2)c([N+](=O)[O-])c1. The van der Waals surface area contributed by atoms with Crippen LogP contribution in [-0.2, 0) is 13.0 Å². The topological polar surface area (TPSA) is 115 Å². The molecule has 0 saturated heterocycles. The Kier molecular flexibility index (Phi) is 4.64. The lowest BCUT2D eigenvalue weighted by atomic mass is 10.1. The van der Waals surface area contributed by atoms with Crippen molar-refractivity contribution in [2.45, 2.75) is 45.3 Å². The molecule has 2 heterocycles. The number of amides is 1. The molecule has 0 spiro atoms. The van der Waals surface area contributed by atoms with Crippen LogP contribution in [0, 0.1) is 10.1 Å². The van der Waals surface area contributed by atoms with E-state index in [2.05, 4.69) is 20.7 Å². The lowest BCUT2D eigenvalue weighted by Crippen LogP contribution is -2.32. The second-order valence-electron chi connectivity index (χ2n) is 6.36. The molecule has 0 aliphatic carbocycles. The molecular weight excluding hydrogens is 324 g/mol. The van der Waals surface area contributed by atoms with E-state index in [1.165, 1.54) is 12.4 Å². The van der Waals surface area contributed by atoms with Crippen LogP contribution in [0.4, 0.5) is 11.4 Å². The fourth-order valence-electron chi connectivity index (χ4n) is 2.87. The molecule has 1 unspecified atom stereocenters. The lowest BCUT2D eigenvalue weighted by Gasteiger charge is -2.24. The van der Waals surface area contributed by atoms with Gasteiger partial charge >= 0.3 is 0 Å². The highest BCUT2D eigenvalue weighted by molar-refractivity contribution is 5.95. The highest BCUT2D eigenvalue weighted by Crippen LogP contribution is 2.28. The van der Waals surface area contributed by atoms with E-state index in [0.717, 1.165) is 18.7 Å². The molecule has 9 heteroatoms. The summed E-state index contributed by atoms with van der Waals surface area (Å²) in [5.74, 6) is 0.600. The Bertz CT molecular complexity index is 801. The third kappa shape index (κ3) is 3.76. The quantitative estimate of drug-likeness (QED) is 0.631. The van der Waals surface area contributed by atoms with Crippen LogP contribution in [0.1, 0.15) is 36.5 Å². The van der Waals surface area contributed by atoms with E-state index >= 15 is 0 Å². The van der Waals surface area contributed by atoms with Gasteiger partial charge in [0.05, 0.1) is 11.5 Å². The van der Waals surface area contributed by atoms with Crippen molar-refractivity contribution >= 4 is 17.3 Å². The van der Waals surface area contributed by atoms with Crippen LogP contribution < -0.4 is 10.6 Å². The molecule has 1 aromatic heterocycles. The Labute approximate surface area is 144 Å². The van der Waals surface area contributed by atoms with Gasteiger partial charge in [-0.2, -0.15) is 5.10 Å². The number of nitro groups is 1. The first-order valence-electron chi connectivity index (χ1n) is 8.16. The van der Waals surface area contributed by atoms with E-state index in [1.54, 1.807) is 16.8 Å². The summed E-state index contributed by atoms with van der Waals surface area (Å²) in [7, 11) is 0. The molecule has 2 N–H and O–H groups in total. The number of nitro benzene ring substituents is 1. The summed E-state index contributed by atoms with van der Waals surface area (Å²) in [4.78, 5) is 27.2. The molecule has 1 aliphatic rings. The average Bonchev–Trinajstić information content (AvgIpc) is 3.02. The molecule has 1 aliphatic heterocycles. The second kappa shape index (κ2) is 6.88. The minimum Gasteiger partial charge on any atom is -0.375 e. The van der Waals surface area contributed by atoms with Crippen molar-refractivity contribution in [1.82, 2.24) is 20.1 Å². The number of carbonyl (C=O) groups is 1. The molecule has 0 bridgehead atoms. The predicted molar refractivity (Wildman–Crippen MR) is 91.5 cm³/mol. The van der Waals surface area contributed by atoms with Crippen molar-refractivity contribution in [3.63, 3.8) is 0 Å². The maximum atomic E-state index is 12.1. The summed E-state index contributed by atoms with van der Waals surface area (Å²) in [5, 5.41) is 21.5. The fourth-order valence-corrected chi connectivity index (χ4v) is 2.87. The van der Waals surface area contributed by atoms with Crippen LogP contribution in [0.25, 0.3) is 0 Å². The van der Waals surface area contributed by atoms with Crippen molar-refractivity contribution in [3.05, 3.63) is 46.0 Å². The highest BCUT2D eigenvalue weighted by atomic mass is 16.6. The van der Waals surface area contributed by atoms with Crippen molar-refractivity contribution < 1.29 is 9.72 Å². The van der Waals surface area contributed by atoms with Gasteiger partial charge in [-0.15, -0.1) is 0 Å². The Morgan fingerprint density at radius 3 is 2.96 bits per heavy atom. The third-order valence-corrected chi connectivity index (χ3v) is 4.04. The number of hydrogen-bond donors (Lipinski definition) is 2. The molecule has 0 radical (unpaired) electrons. The molecular formula is C16H20N6O3. The maximum absolute atomic E-state index is 12.1. The summed E-state index contributed by atoms with van der Waals surface area (Å²) >= 11 is 0. The normalized spacial score (nSPS) is 16.4.